The second-order valence-corrected chi connectivity index (χ2v) is 7.87. The van der Waals surface area contributed by atoms with E-state index in [2.05, 4.69) is 50.0 Å². The van der Waals surface area contributed by atoms with Crippen molar-refractivity contribution < 1.29 is 4.39 Å². The van der Waals surface area contributed by atoms with Crippen LogP contribution in [0.4, 0.5) is 4.39 Å². The van der Waals surface area contributed by atoms with Crippen molar-refractivity contribution in [3.05, 3.63) is 70.5 Å². The first-order valence-corrected chi connectivity index (χ1v) is 10.6. The van der Waals surface area contributed by atoms with Gasteiger partial charge in [0, 0.05) is 11.5 Å². The minimum Gasteiger partial charge on any atom is -0.207 e. The number of hydrogen-bond acceptors (Lipinski definition) is 0. The third kappa shape index (κ3) is 5.46. The van der Waals surface area contributed by atoms with Gasteiger partial charge in [0.15, 0.2) is 0 Å². The summed E-state index contributed by atoms with van der Waals surface area (Å²) in [6.45, 7) is 4.30. The van der Waals surface area contributed by atoms with Gasteiger partial charge in [0.25, 0.3) is 0 Å². The molecule has 0 nitrogen and oxygen atoms in total. The van der Waals surface area contributed by atoms with Crippen LogP contribution in [0.1, 0.15) is 80.5 Å². The molecule has 0 unspecified atom stereocenters. The van der Waals surface area contributed by atoms with Gasteiger partial charge in [-0.3, -0.25) is 0 Å². The molecule has 27 heavy (non-hydrogen) atoms. The van der Waals surface area contributed by atoms with Crippen molar-refractivity contribution in [3.63, 3.8) is 0 Å². The number of aryl methyl sites for hydroxylation is 2. The average molecular weight is 363 g/mol. The molecule has 1 aliphatic rings. The maximum Gasteiger partial charge on any atom is 0.127 e. The van der Waals surface area contributed by atoms with E-state index in [1.54, 1.807) is 6.07 Å². The summed E-state index contributed by atoms with van der Waals surface area (Å²) in [7, 11) is 0. The van der Waals surface area contributed by atoms with Crippen molar-refractivity contribution >= 4 is 0 Å². The summed E-state index contributed by atoms with van der Waals surface area (Å²) in [5, 5.41) is 0. The molecule has 3 rings (SSSR count). The Labute approximate surface area is 164 Å². The Balaban J connectivity index is 1.55. The normalized spacial score (nSPS) is 19.4. The lowest BCUT2D eigenvalue weighted by Crippen LogP contribution is -2.12. The molecule has 0 aliphatic heterocycles. The van der Waals surface area contributed by atoms with Crippen LogP contribution in [0.25, 0.3) is 0 Å². The van der Waals surface area contributed by atoms with Crippen molar-refractivity contribution in [3.8, 4) is 11.8 Å². The number of halogens is 1. The van der Waals surface area contributed by atoms with Crippen LogP contribution in [0.2, 0.25) is 0 Å². The maximum absolute atomic E-state index is 14.1. The predicted octanol–water partition coefficient (Wildman–Crippen LogP) is 7.06. The molecular weight excluding hydrogens is 331 g/mol. The van der Waals surface area contributed by atoms with E-state index in [0.29, 0.717) is 11.8 Å². The van der Waals surface area contributed by atoms with Gasteiger partial charge in [-0.05, 0) is 73.3 Å². The predicted molar refractivity (Wildman–Crippen MR) is 112 cm³/mol. The molecule has 1 saturated carbocycles. The zero-order valence-electron chi connectivity index (χ0n) is 16.7. The van der Waals surface area contributed by atoms with E-state index in [0.717, 1.165) is 36.8 Å². The smallest absolute Gasteiger partial charge is 0.127 e. The van der Waals surface area contributed by atoms with Crippen LogP contribution in [-0.2, 0) is 12.8 Å². The third-order valence-corrected chi connectivity index (χ3v) is 5.71. The zero-order chi connectivity index (χ0) is 19.1. The lowest BCUT2D eigenvalue weighted by atomic mass is 9.78. The first-order valence-electron chi connectivity index (χ1n) is 10.6. The van der Waals surface area contributed by atoms with Crippen LogP contribution in [0, 0.1) is 23.6 Å². The fourth-order valence-electron chi connectivity index (χ4n) is 4.10. The molecule has 0 saturated heterocycles. The first kappa shape index (κ1) is 19.7. The Morgan fingerprint density at radius 2 is 1.59 bits per heavy atom. The molecule has 0 atom stereocenters. The van der Waals surface area contributed by atoms with Gasteiger partial charge in [0.2, 0.25) is 0 Å². The van der Waals surface area contributed by atoms with Crippen LogP contribution < -0.4 is 0 Å². The van der Waals surface area contributed by atoms with Crippen molar-refractivity contribution in [1.29, 1.82) is 0 Å². The van der Waals surface area contributed by atoms with Crippen LogP contribution in [-0.4, -0.2) is 0 Å². The quantitative estimate of drug-likeness (QED) is 0.500. The van der Waals surface area contributed by atoms with E-state index in [9.17, 15) is 4.39 Å². The van der Waals surface area contributed by atoms with Crippen LogP contribution in [0.15, 0.2) is 42.5 Å². The zero-order valence-corrected chi connectivity index (χ0v) is 16.7. The van der Waals surface area contributed by atoms with E-state index in [-0.39, 0.29) is 5.82 Å². The van der Waals surface area contributed by atoms with Gasteiger partial charge in [0.05, 0.1) is 0 Å². The molecule has 1 aliphatic carbocycles. The number of rotatable bonds is 5. The molecule has 2 aromatic rings. The van der Waals surface area contributed by atoms with Crippen molar-refractivity contribution in [2.24, 2.45) is 5.92 Å². The Hall–Kier alpha value is -2.07. The second kappa shape index (κ2) is 9.75. The maximum atomic E-state index is 14.1. The summed E-state index contributed by atoms with van der Waals surface area (Å²) in [5.74, 6) is 7.61. The molecule has 2 aromatic carbocycles. The SMILES string of the molecule is CCCc1ccc([C@H]2CC[C@H](C#Cc3ccc(CCC)c(F)c3)CC2)cc1. The van der Waals surface area contributed by atoms with Crippen LogP contribution >= 0.6 is 0 Å². The molecule has 0 spiro atoms. The van der Waals surface area contributed by atoms with Crippen LogP contribution in [0.5, 0.6) is 0 Å². The van der Waals surface area contributed by atoms with E-state index in [4.69, 9.17) is 0 Å². The van der Waals surface area contributed by atoms with Gasteiger partial charge in [-0.1, -0.05) is 68.9 Å². The standard InChI is InChI=1S/C26H31F/c1-3-5-20-9-14-23(15-10-20)24-16-11-21(12-17-24)7-8-22-13-18-25(6-4-2)26(27)19-22/h9-10,13-15,18-19,21,24H,3-6,11-12,16-17H2,1-2H3/t21-,24-. The summed E-state index contributed by atoms with van der Waals surface area (Å²) < 4.78 is 14.1. The summed E-state index contributed by atoms with van der Waals surface area (Å²) in [6.07, 6.45) is 8.83. The Morgan fingerprint density at radius 1 is 0.889 bits per heavy atom. The Bertz CT molecular complexity index is 783. The highest BCUT2D eigenvalue weighted by atomic mass is 19.1. The highest BCUT2D eigenvalue weighted by Crippen LogP contribution is 2.35. The third-order valence-electron chi connectivity index (χ3n) is 5.71. The fraction of sp³-hybridized carbons (Fsp3) is 0.462. The van der Waals surface area contributed by atoms with Crippen LogP contribution in [0.3, 0.4) is 0 Å². The van der Waals surface area contributed by atoms with E-state index < -0.39 is 0 Å². The molecule has 0 radical (unpaired) electrons. The van der Waals surface area contributed by atoms with Gasteiger partial charge in [0.1, 0.15) is 5.82 Å². The van der Waals surface area contributed by atoms with E-state index >= 15 is 0 Å². The first-order chi connectivity index (χ1) is 13.2. The van der Waals surface area contributed by atoms with Gasteiger partial charge in [-0.2, -0.15) is 0 Å². The van der Waals surface area contributed by atoms with E-state index in [1.807, 2.05) is 12.1 Å². The molecule has 0 aromatic heterocycles. The lowest BCUT2D eigenvalue weighted by Gasteiger charge is -2.26. The van der Waals surface area contributed by atoms with Gasteiger partial charge in [-0.15, -0.1) is 0 Å². The Morgan fingerprint density at radius 3 is 2.22 bits per heavy atom. The average Bonchev–Trinajstić information content (AvgIpc) is 2.70. The molecule has 1 fully saturated rings. The minimum absolute atomic E-state index is 0.112. The second-order valence-electron chi connectivity index (χ2n) is 7.87. The van der Waals surface area contributed by atoms with E-state index in [1.165, 1.54) is 36.8 Å². The lowest BCUT2D eigenvalue weighted by molar-refractivity contribution is 0.384. The van der Waals surface area contributed by atoms with Crippen molar-refractivity contribution in [2.75, 3.05) is 0 Å². The highest BCUT2D eigenvalue weighted by molar-refractivity contribution is 5.37. The van der Waals surface area contributed by atoms with Crippen molar-refractivity contribution in [1.82, 2.24) is 0 Å². The molecule has 0 bridgehead atoms. The Kier molecular flexibility index (Phi) is 7.11. The molecule has 0 heterocycles. The molecular formula is C26H31F. The molecule has 1 heteroatoms. The minimum atomic E-state index is -0.112. The summed E-state index contributed by atoms with van der Waals surface area (Å²) in [6, 6.07) is 14.7. The monoisotopic (exact) mass is 362 g/mol. The summed E-state index contributed by atoms with van der Waals surface area (Å²) in [5.41, 5.74) is 4.53. The number of hydrogen-bond donors (Lipinski definition) is 0. The van der Waals surface area contributed by atoms with Gasteiger partial charge in [-0.25, -0.2) is 4.39 Å². The topological polar surface area (TPSA) is 0 Å². The summed E-state index contributed by atoms with van der Waals surface area (Å²) >= 11 is 0. The molecule has 142 valence electrons. The highest BCUT2D eigenvalue weighted by Gasteiger charge is 2.21. The molecule has 0 N–H and O–H groups in total. The summed E-state index contributed by atoms with van der Waals surface area (Å²) in [4.78, 5) is 0. The molecule has 0 amide bonds. The number of benzene rings is 2. The van der Waals surface area contributed by atoms with Gasteiger partial charge >= 0.3 is 0 Å². The van der Waals surface area contributed by atoms with Crippen molar-refractivity contribution in [2.45, 2.75) is 71.1 Å². The largest absolute Gasteiger partial charge is 0.207 e. The van der Waals surface area contributed by atoms with Gasteiger partial charge < -0.3 is 0 Å². The fourth-order valence-corrected chi connectivity index (χ4v) is 4.10.